The van der Waals surface area contributed by atoms with E-state index < -0.39 is 15.9 Å². The van der Waals surface area contributed by atoms with Crippen LogP contribution in [0.25, 0.3) is 0 Å². The molecular formula is C14H23N3O5S2. The molecule has 0 aliphatic carbocycles. The predicted octanol–water partition coefficient (Wildman–Crippen LogP) is -0.139. The van der Waals surface area contributed by atoms with Crippen molar-refractivity contribution in [1.29, 1.82) is 0 Å². The first-order valence-electron chi connectivity index (χ1n) is 7.54. The third-order valence-electron chi connectivity index (χ3n) is 3.62. The van der Waals surface area contributed by atoms with Crippen molar-refractivity contribution >= 4 is 27.3 Å². The molecule has 2 rings (SSSR count). The summed E-state index contributed by atoms with van der Waals surface area (Å²) in [6.07, 6.45) is 0.505. The van der Waals surface area contributed by atoms with Crippen molar-refractivity contribution in [2.45, 2.75) is 23.5 Å². The lowest BCUT2D eigenvalue weighted by Crippen LogP contribution is -2.51. The minimum atomic E-state index is -3.93. The molecule has 136 valence electrons. The van der Waals surface area contributed by atoms with Gasteiger partial charge in [0, 0.05) is 13.2 Å². The van der Waals surface area contributed by atoms with Crippen LogP contribution in [0.5, 0.6) is 0 Å². The number of nitrogens with zero attached hydrogens (tertiary/aromatic N) is 1. The topological polar surface area (TPSA) is 111 Å². The molecule has 1 aliphatic heterocycles. The Labute approximate surface area is 146 Å². The first-order chi connectivity index (χ1) is 11.3. The van der Waals surface area contributed by atoms with Crippen LogP contribution < -0.4 is 10.5 Å². The van der Waals surface area contributed by atoms with E-state index in [1.807, 2.05) is 19.0 Å². The van der Waals surface area contributed by atoms with Gasteiger partial charge in [-0.25, -0.2) is 13.6 Å². The molecule has 10 heteroatoms. The maximum absolute atomic E-state index is 12.4. The highest BCUT2D eigenvalue weighted by Gasteiger charge is 2.30. The lowest BCUT2D eigenvalue weighted by Gasteiger charge is -2.32. The van der Waals surface area contributed by atoms with Gasteiger partial charge in [0.05, 0.1) is 25.4 Å². The number of carbonyl (C=O) groups is 1. The standard InChI is InChI=1S/C14H23N3O5S2/c1-17(2)5-7-22-11-3-6-21-9-10(11)16-14(18)13-12(4-8-23-13)24(15,19)20/h4,8,10-11H,3,5-7,9H2,1-2H3,(H,16,18)(H2,15,19,20)/t10-,11+/m1/s1. The molecule has 1 aromatic rings. The van der Waals surface area contributed by atoms with Gasteiger partial charge >= 0.3 is 0 Å². The monoisotopic (exact) mass is 377 g/mol. The number of rotatable bonds is 7. The van der Waals surface area contributed by atoms with E-state index in [9.17, 15) is 13.2 Å². The maximum Gasteiger partial charge on any atom is 0.263 e. The van der Waals surface area contributed by atoms with Crippen LogP contribution in [0.2, 0.25) is 0 Å². The largest absolute Gasteiger partial charge is 0.379 e. The molecule has 2 atom stereocenters. The molecule has 0 aromatic carbocycles. The Balaban J connectivity index is 2.02. The average molecular weight is 377 g/mol. The second kappa shape index (κ2) is 8.37. The number of carbonyl (C=O) groups excluding carboxylic acids is 1. The molecule has 8 nitrogen and oxygen atoms in total. The number of sulfonamides is 1. The number of likely N-dealkylation sites (N-methyl/N-ethyl adjacent to an activating group) is 1. The molecular weight excluding hydrogens is 354 g/mol. The van der Waals surface area contributed by atoms with Crippen LogP contribution >= 0.6 is 11.3 Å². The molecule has 0 saturated carbocycles. The number of thiophene rings is 1. The average Bonchev–Trinajstić information content (AvgIpc) is 2.98. The third kappa shape index (κ3) is 5.23. The third-order valence-corrected chi connectivity index (χ3v) is 5.62. The van der Waals surface area contributed by atoms with Gasteiger partial charge in [-0.3, -0.25) is 4.79 Å². The Hall–Kier alpha value is -1.04. The molecule has 24 heavy (non-hydrogen) atoms. The van der Waals surface area contributed by atoms with E-state index in [-0.39, 0.29) is 21.9 Å². The Bertz CT molecular complexity index is 659. The van der Waals surface area contributed by atoms with Crippen molar-refractivity contribution in [2.75, 3.05) is 40.5 Å². The number of hydrogen-bond donors (Lipinski definition) is 2. The Morgan fingerprint density at radius 1 is 1.54 bits per heavy atom. The van der Waals surface area contributed by atoms with Gasteiger partial charge in [0.1, 0.15) is 9.77 Å². The van der Waals surface area contributed by atoms with Crippen molar-refractivity contribution in [3.63, 3.8) is 0 Å². The number of amides is 1. The van der Waals surface area contributed by atoms with Crippen molar-refractivity contribution < 1.29 is 22.7 Å². The first-order valence-corrected chi connectivity index (χ1v) is 9.97. The highest BCUT2D eigenvalue weighted by Crippen LogP contribution is 2.21. The minimum Gasteiger partial charge on any atom is -0.379 e. The lowest BCUT2D eigenvalue weighted by atomic mass is 10.1. The van der Waals surface area contributed by atoms with E-state index in [2.05, 4.69) is 5.32 Å². The zero-order valence-electron chi connectivity index (χ0n) is 13.7. The van der Waals surface area contributed by atoms with E-state index in [1.165, 1.54) is 11.4 Å². The van der Waals surface area contributed by atoms with Crippen LogP contribution in [0.15, 0.2) is 16.3 Å². The van der Waals surface area contributed by atoms with Crippen LogP contribution in [-0.4, -0.2) is 71.8 Å². The Kier molecular flexibility index (Phi) is 6.72. The fourth-order valence-corrected chi connectivity index (χ4v) is 4.24. The summed E-state index contributed by atoms with van der Waals surface area (Å²) >= 11 is 1.04. The molecule has 1 aliphatic rings. The quantitative estimate of drug-likeness (QED) is 0.684. The normalized spacial score (nSPS) is 21.8. The summed E-state index contributed by atoms with van der Waals surface area (Å²) in [5.41, 5.74) is 0. The van der Waals surface area contributed by atoms with Crippen molar-refractivity contribution in [3.05, 3.63) is 16.3 Å². The van der Waals surface area contributed by atoms with Gasteiger partial charge in [0.2, 0.25) is 10.0 Å². The van der Waals surface area contributed by atoms with E-state index >= 15 is 0 Å². The summed E-state index contributed by atoms with van der Waals surface area (Å²) in [4.78, 5) is 14.4. The summed E-state index contributed by atoms with van der Waals surface area (Å²) in [6.45, 7) is 2.22. The van der Waals surface area contributed by atoms with Crippen LogP contribution in [0.3, 0.4) is 0 Å². The van der Waals surface area contributed by atoms with E-state index in [4.69, 9.17) is 14.6 Å². The predicted molar refractivity (Wildman–Crippen MR) is 90.7 cm³/mol. The molecule has 2 heterocycles. The molecule has 0 radical (unpaired) electrons. The molecule has 1 saturated heterocycles. The number of nitrogens with two attached hydrogens (primary N) is 1. The van der Waals surface area contributed by atoms with Gasteiger partial charge < -0.3 is 19.7 Å². The molecule has 0 unspecified atom stereocenters. The summed E-state index contributed by atoms with van der Waals surface area (Å²) < 4.78 is 34.3. The fourth-order valence-electron chi connectivity index (χ4n) is 2.36. The zero-order chi connectivity index (χ0) is 17.7. The van der Waals surface area contributed by atoms with Crippen molar-refractivity contribution in [3.8, 4) is 0 Å². The number of nitrogens with one attached hydrogen (secondary N) is 1. The SMILES string of the molecule is CN(C)CCO[C@H]1CCOC[C@H]1NC(=O)c1sccc1S(N)(=O)=O. The molecule has 1 amide bonds. The zero-order valence-corrected chi connectivity index (χ0v) is 15.4. The molecule has 0 spiro atoms. The van der Waals surface area contributed by atoms with E-state index in [0.717, 1.165) is 17.9 Å². The van der Waals surface area contributed by atoms with Crippen LogP contribution in [0.4, 0.5) is 0 Å². The Morgan fingerprint density at radius 2 is 2.29 bits per heavy atom. The van der Waals surface area contributed by atoms with Crippen molar-refractivity contribution in [2.24, 2.45) is 5.14 Å². The molecule has 0 bridgehead atoms. The van der Waals surface area contributed by atoms with E-state index in [0.29, 0.717) is 26.2 Å². The van der Waals surface area contributed by atoms with Crippen LogP contribution in [0, 0.1) is 0 Å². The van der Waals surface area contributed by atoms with Crippen LogP contribution in [0.1, 0.15) is 16.1 Å². The van der Waals surface area contributed by atoms with Gasteiger partial charge in [-0.2, -0.15) is 0 Å². The van der Waals surface area contributed by atoms with Gasteiger partial charge in [0.15, 0.2) is 0 Å². The highest BCUT2D eigenvalue weighted by atomic mass is 32.2. The number of ether oxygens (including phenoxy) is 2. The summed E-state index contributed by atoms with van der Waals surface area (Å²) in [6, 6.07) is 1.00. The maximum atomic E-state index is 12.4. The second-order valence-corrected chi connectivity index (χ2v) is 8.26. The smallest absolute Gasteiger partial charge is 0.263 e. The summed E-state index contributed by atoms with van der Waals surface area (Å²) in [5.74, 6) is -0.481. The minimum absolute atomic E-state index is 0.0788. The van der Waals surface area contributed by atoms with Crippen molar-refractivity contribution in [1.82, 2.24) is 10.2 Å². The molecule has 1 fully saturated rings. The summed E-state index contributed by atoms with van der Waals surface area (Å²) in [7, 11) is -0.0186. The summed E-state index contributed by atoms with van der Waals surface area (Å²) in [5, 5.41) is 9.47. The van der Waals surface area contributed by atoms with Gasteiger partial charge in [-0.1, -0.05) is 0 Å². The number of primary sulfonamides is 1. The van der Waals surface area contributed by atoms with Crippen LogP contribution in [-0.2, 0) is 19.5 Å². The first kappa shape index (κ1) is 19.3. The van der Waals surface area contributed by atoms with Gasteiger partial charge in [0.25, 0.3) is 5.91 Å². The van der Waals surface area contributed by atoms with E-state index in [1.54, 1.807) is 0 Å². The molecule has 1 aromatic heterocycles. The van der Waals surface area contributed by atoms with Gasteiger partial charge in [-0.05, 0) is 32.0 Å². The number of hydrogen-bond acceptors (Lipinski definition) is 7. The lowest BCUT2D eigenvalue weighted by molar-refractivity contribution is -0.0561. The fraction of sp³-hybridized carbons (Fsp3) is 0.643. The van der Waals surface area contributed by atoms with Gasteiger partial charge in [-0.15, -0.1) is 11.3 Å². The molecule has 3 N–H and O–H groups in total. The highest BCUT2D eigenvalue weighted by molar-refractivity contribution is 7.89. The second-order valence-electron chi connectivity index (χ2n) is 5.82. The Morgan fingerprint density at radius 3 is 2.96 bits per heavy atom.